The lowest BCUT2D eigenvalue weighted by Gasteiger charge is -2.40. The van der Waals surface area contributed by atoms with Crippen molar-refractivity contribution in [3.05, 3.63) is 29.8 Å². The maximum Gasteiger partial charge on any atom is 0.119 e. The van der Waals surface area contributed by atoms with Gasteiger partial charge < -0.3 is 10.1 Å². The molecule has 1 atom stereocenters. The molecule has 1 saturated heterocycles. The number of rotatable bonds is 4. The SMILES string of the molecule is CC(C)Oc1ccc(C2CNCCN2C2CCCC2)cc1. The molecule has 1 aromatic rings. The van der Waals surface area contributed by atoms with Crippen LogP contribution in [0.15, 0.2) is 24.3 Å². The summed E-state index contributed by atoms with van der Waals surface area (Å²) in [6, 6.07) is 10.1. The summed E-state index contributed by atoms with van der Waals surface area (Å²) < 4.78 is 5.75. The van der Waals surface area contributed by atoms with Crippen molar-refractivity contribution in [1.82, 2.24) is 10.2 Å². The van der Waals surface area contributed by atoms with E-state index in [1.165, 1.54) is 37.8 Å². The summed E-state index contributed by atoms with van der Waals surface area (Å²) in [6.45, 7) is 7.52. The van der Waals surface area contributed by atoms with E-state index in [1.54, 1.807) is 0 Å². The molecule has 0 radical (unpaired) electrons. The number of hydrogen-bond donors (Lipinski definition) is 1. The Bertz CT molecular complexity index is 437. The number of nitrogens with one attached hydrogen (secondary N) is 1. The molecule has 1 aromatic carbocycles. The highest BCUT2D eigenvalue weighted by Crippen LogP contribution is 2.32. The normalized spacial score (nSPS) is 24.6. The molecule has 1 unspecified atom stereocenters. The van der Waals surface area contributed by atoms with Gasteiger partial charge in [0.15, 0.2) is 0 Å². The van der Waals surface area contributed by atoms with Gasteiger partial charge in [-0.3, -0.25) is 4.90 Å². The third kappa shape index (κ3) is 3.58. The average Bonchev–Trinajstić information content (AvgIpc) is 3.02. The Morgan fingerprint density at radius 1 is 1.14 bits per heavy atom. The Kier molecular flexibility index (Phi) is 4.81. The summed E-state index contributed by atoms with van der Waals surface area (Å²) in [5.74, 6) is 0.977. The van der Waals surface area contributed by atoms with E-state index in [9.17, 15) is 0 Å². The quantitative estimate of drug-likeness (QED) is 0.919. The number of ether oxygens (including phenoxy) is 1. The van der Waals surface area contributed by atoms with Gasteiger partial charge in [-0.1, -0.05) is 25.0 Å². The van der Waals surface area contributed by atoms with Crippen molar-refractivity contribution in [1.29, 1.82) is 0 Å². The molecule has 1 heterocycles. The Balaban J connectivity index is 1.73. The Morgan fingerprint density at radius 3 is 2.52 bits per heavy atom. The molecule has 2 aliphatic rings. The van der Waals surface area contributed by atoms with E-state index in [-0.39, 0.29) is 6.10 Å². The first-order chi connectivity index (χ1) is 10.2. The highest BCUT2D eigenvalue weighted by atomic mass is 16.5. The highest BCUT2D eigenvalue weighted by Gasteiger charge is 2.31. The van der Waals surface area contributed by atoms with Crippen molar-refractivity contribution in [3.8, 4) is 5.75 Å². The molecule has 2 fully saturated rings. The van der Waals surface area contributed by atoms with E-state index < -0.39 is 0 Å². The van der Waals surface area contributed by atoms with Crippen LogP contribution in [0.3, 0.4) is 0 Å². The van der Waals surface area contributed by atoms with Gasteiger partial charge in [0.1, 0.15) is 5.75 Å². The molecule has 0 aromatic heterocycles. The Morgan fingerprint density at radius 2 is 1.86 bits per heavy atom. The van der Waals surface area contributed by atoms with Gasteiger partial charge in [-0.15, -0.1) is 0 Å². The van der Waals surface area contributed by atoms with Gasteiger partial charge in [0.25, 0.3) is 0 Å². The van der Waals surface area contributed by atoms with Crippen LogP contribution in [0.5, 0.6) is 5.75 Å². The van der Waals surface area contributed by atoms with Crippen LogP contribution in [0.2, 0.25) is 0 Å². The molecule has 0 bridgehead atoms. The van der Waals surface area contributed by atoms with E-state index >= 15 is 0 Å². The summed E-state index contributed by atoms with van der Waals surface area (Å²) in [7, 11) is 0. The molecular weight excluding hydrogens is 260 g/mol. The van der Waals surface area contributed by atoms with Crippen LogP contribution in [0, 0.1) is 0 Å². The minimum Gasteiger partial charge on any atom is -0.491 e. The standard InChI is InChI=1S/C18H28N2O/c1-14(2)21-17-9-7-15(8-10-17)18-13-19-11-12-20(18)16-5-3-4-6-16/h7-10,14,16,18-19H,3-6,11-13H2,1-2H3. The van der Waals surface area contributed by atoms with Crippen LogP contribution in [-0.2, 0) is 0 Å². The lowest BCUT2D eigenvalue weighted by Crippen LogP contribution is -2.49. The molecule has 3 heteroatoms. The van der Waals surface area contributed by atoms with Gasteiger partial charge in [-0.25, -0.2) is 0 Å². The number of piperazine rings is 1. The first kappa shape index (κ1) is 14.9. The molecule has 1 saturated carbocycles. The topological polar surface area (TPSA) is 24.5 Å². The molecular formula is C18H28N2O. The van der Waals surface area contributed by atoms with Crippen molar-refractivity contribution in [2.75, 3.05) is 19.6 Å². The summed E-state index contributed by atoms with van der Waals surface area (Å²) >= 11 is 0. The molecule has 21 heavy (non-hydrogen) atoms. The fourth-order valence-corrected chi connectivity index (χ4v) is 3.74. The number of nitrogens with zero attached hydrogens (tertiary/aromatic N) is 1. The maximum atomic E-state index is 5.75. The average molecular weight is 288 g/mol. The first-order valence-electron chi connectivity index (χ1n) is 8.47. The second-order valence-electron chi connectivity index (χ2n) is 6.63. The zero-order valence-corrected chi connectivity index (χ0v) is 13.3. The largest absolute Gasteiger partial charge is 0.491 e. The van der Waals surface area contributed by atoms with Crippen LogP contribution in [-0.4, -0.2) is 36.7 Å². The molecule has 3 nitrogen and oxygen atoms in total. The van der Waals surface area contributed by atoms with Gasteiger partial charge in [0.05, 0.1) is 6.10 Å². The minimum absolute atomic E-state index is 0.238. The zero-order chi connectivity index (χ0) is 14.7. The van der Waals surface area contributed by atoms with Crippen LogP contribution in [0.1, 0.15) is 51.1 Å². The molecule has 116 valence electrons. The van der Waals surface area contributed by atoms with Gasteiger partial charge in [0.2, 0.25) is 0 Å². The van der Waals surface area contributed by atoms with Crippen molar-refractivity contribution in [3.63, 3.8) is 0 Å². The molecule has 1 N–H and O–H groups in total. The van der Waals surface area contributed by atoms with E-state index in [0.717, 1.165) is 24.9 Å². The molecule has 0 amide bonds. The van der Waals surface area contributed by atoms with Gasteiger partial charge in [-0.05, 0) is 44.4 Å². The monoisotopic (exact) mass is 288 g/mol. The molecule has 1 aliphatic carbocycles. The predicted octanol–water partition coefficient (Wildman–Crippen LogP) is 3.36. The predicted molar refractivity (Wildman–Crippen MR) is 86.8 cm³/mol. The van der Waals surface area contributed by atoms with Gasteiger partial charge in [-0.2, -0.15) is 0 Å². The van der Waals surface area contributed by atoms with Gasteiger partial charge in [0, 0.05) is 31.7 Å². The maximum absolute atomic E-state index is 5.75. The van der Waals surface area contributed by atoms with Crippen LogP contribution in [0.4, 0.5) is 0 Å². The minimum atomic E-state index is 0.238. The highest BCUT2D eigenvalue weighted by molar-refractivity contribution is 5.30. The second kappa shape index (κ2) is 6.80. The van der Waals surface area contributed by atoms with Crippen LogP contribution >= 0.6 is 0 Å². The van der Waals surface area contributed by atoms with Crippen LogP contribution in [0.25, 0.3) is 0 Å². The Hall–Kier alpha value is -1.06. The zero-order valence-electron chi connectivity index (χ0n) is 13.3. The molecule has 0 spiro atoms. The summed E-state index contributed by atoms with van der Waals surface area (Å²) in [6.07, 6.45) is 5.81. The fraction of sp³-hybridized carbons (Fsp3) is 0.667. The smallest absolute Gasteiger partial charge is 0.119 e. The molecule has 1 aliphatic heterocycles. The molecule has 3 rings (SSSR count). The lowest BCUT2D eigenvalue weighted by atomic mass is 10.0. The fourth-order valence-electron chi connectivity index (χ4n) is 3.74. The third-order valence-corrected chi connectivity index (χ3v) is 4.72. The summed E-state index contributed by atoms with van der Waals surface area (Å²) in [5.41, 5.74) is 1.42. The van der Waals surface area contributed by atoms with Crippen LogP contribution < -0.4 is 10.1 Å². The van der Waals surface area contributed by atoms with Crippen molar-refractivity contribution in [2.24, 2.45) is 0 Å². The second-order valence-corrected chi connectivity index (χ2v) is 6.63. The van der Waals surface area contributed by atoms with Crippen molar-refractivity contribution >= 4 is 0 Å². The van der Waals surface area contributed by atoms with E-state index in [0.29, 0.717) is 6.04 Å². The van der Waals surface area contributed by atoms with Crippen molar-refractivity contribution in [2.45, 2.75) is 57.7 Å². The number of benzene rings is 1. The first-order valence-corrected chi connectivity index (χ1v) is 8.47. The number of hydrogen-bond acceptors (Lipinski definition) is 3. The van der Waals surface area contributed by atoms with E-state index in [2.05, 4.69) is 48.3 Å². The van der Waals surface area contributed by atoms with Gasteiger partial charge >= 0.3 is 0 Å². The third-order valence-electron chi connectivity index (χ3n) is 4.72. The van der Waals surface area contributed by atoms with E-state index in [4.69, 9.17) is 4.74 Å². The summed E-state index contributed by atoms with van der Waals surface area (Å²) in [5, 5.41) is 3.56. The summed E-state index contributed by atoms with van der Waals surface area (Å²) in [4.78, 5) is 2.74. The van der Waals surface area contributed by atoms with E-state index in [1.807, 2.05) is 0 Å². The lowest BCUT2D eigenvalue weighted by molar-refractivity contribution is 0.108. The Labute approximate surface area is 128 Å². The van der Waals surface area contributed by atoms with Crippen molar-refractivity contribution < 1.29 is 4.74 Å².